The molecule has 1 atom stereocenters. The zero-order valence-corrected chi connectivity index (χ0v) is 12.7. The fraction of sp³-hybridized carbons (Fsp3) is 0.250. The summed E-state index contributed by atoms with van der Waals surface area (Å²) in [5.41, 5.74) is 1.65. The Morgan fingerprint density at radius 3 is 2.38 bits per heavy atom. The van der Waals surface area contributed by atoms with Gasteiger partial charge in [0.15, 0.2) is 0 Å². The number of carboxylic acid groups (broad SMARTS) is 1. The Morgan fingerprint density at radius 2 is 1.86 bits per heavy atom. The van der Waals surface area contributed by atoms with Crippen LogP contribution in [0.15, 0.2) is 36.4 Å². The van der Waals surface area contributed by atoms with Gasteiger partial charge < -0.3 is 10.4 Å². The second kappa shape index (κ2) is 6.54. The normalized spacial score (nSPS) is 11.9. The van der Waals surface area contributed by atoms with Crippen molar-refractivity contribution in [3.05, 3.63) is 51.7 Å². The number of carbonyl (C=O) groups excluding carboxylic acids is 1. The van der Waals surface area contributed by atoms with Crippen LogP contribution in [-0.4, -0.2) is 17.0 Å². The highest BCUT2D eigenvalue weighted by atomic mass is 32.1. The Hall–Kier alpha value is -2.14. The van der Waals surface area contributed by atoms with E-state index in [2.05, 4.69) is 5.32 Å². The average molecular weight is 303 g/mol. The molecule has 0 aliphatic carbocycles. The largest absolute Gasteiger partial charge is 0.481 e. The van der Waals surface area contributed by atoms with Crippen LogP contribution in [0.25, 0.3) is 0 Å². The standard InChI is InChI=1S/C16H17NO3S/c1-10(9-15(18)19)12-4-6-13(7-5-12)17-16(20)14-8-3-11(2)21-14/h3-8,10H,9H2,1-2H3,(H,17,20)(H,18,19). The van der Waals surface area contributed by atoms with Crippen LogP contribution in [0.4, 0.5) is 5.69 Å². The van der Waals surface area contributed by atoms with Gasteiger partial charge >= 0.3 is 5.97 Å². The molecule has 0 fully saturated rings. The molecule has 1 amide bonds. The van der Waals surface area contributed by atoms with E-state index < -0.39 is 5.97 Å². The first-order valence-corrected chi connectivity index (χ1v) is 7.47. The van der Waals surface area contributed by atoms with Gasteiger partial charge in [0.25, 0.3) is 5.91 Å². The van der Waals surface area contributed by atoms with Gasteiger partial charge in [-0.15, -0.1) is 11.3 Å². The molecular weight excluding hydrogens is 286 g/mol. The van der Waals surface area contributed by atoms with Crippen LogP contribution in [0, 0.1) is 6.92 Å². The van der Waals surface area contributed by atoms with Gasteiger partial charge in [-0.3, -0.25) is 9.59 Å². The Balaban J connectivity index is 2.02. The van der Waals surface area contributed by atoms with Gasteiger partial charge in [0, 0.05) is 10.6 Å². The number of amides is 1. The van der Waals surface area contributed by atoms with Gasteiger partial charge in [-0.2, -0.15) is 0 Å². The molecule has 1 heterocycles. The third-order valence-corrected chi connectivity index (χ3v) is 4.18. The third kappa shape index (κ3) is 4.16. The number of hydrogen-bond donors (Lipinski definition) is 2. The summed E-state index contributed by atoms with van der Waals surface area (Å²) in [6.07, 6.45) is 0.0974. The van der Waals surface area contributed by atoms with E-state index in [1.54, 1.807) is 18.2 Å². The van der Waals surface area contributed by atoms with E-state index in [1.807, 2.05) is 32.0 Å². The van der Waals surface area contributed by atoms with Gasteiger partial charge in [0.05, 0.1) is 11.3 Å². The molecule has 0 spiro atoms. The minimum atomic E-state index is -0.812. The van der Waals surface area contributed by atoms with Crippen molar-refractivity contribution in [1.82, 2.24) is 0 Å². The van der Waals surface area contributed by atoms with E-state index in [0.29, 0.717) is 10.6 Å². The van der Waals surface area contributed by atoms with Gasteiger partial charge in [-0.25, -0.2) is 0 Å². The molecule has 1 aromatic heterocycles. The van der Waals surface area contributed by atoms with Crippen molar-refractivity contribution in [3.63, 3.8) is 0 Å². The molecule has 21 heavy (non-hydrogen) atoms. The Bertz CT molecular complexity index is 646. The average Bonchev–Trinajstić information content (AvgIpc) is 2.85. The zero-order chi connectivity index (χ0) is 15.4. The molecule has 2 aromatic rings. The summed E-state index contributed by atoms with van der Waals surface area (Å²) in [5.74, 6) is -0.987. The number of anilines is 1. The molecule has 0 aliphatic rings. The van der Waals surface area contributed by atoms with E-state index in [-0.39, 0.29) is 18.2 Å². The summed E-state index contributed by atoms with van der Waals surface area (Å²) >= 11 is 1.45. The first-order valence-electron chi connectivity index (χ1n) is 6.65. The lowest BCUT2D eigenvalue weighted by Crippen LogP contribution is -2.10. The van der Waals surface area contributed by atoms with Crippen LogP contribution in [0.2, 0.25) is 0 Å². The lowest BCUT2D eigenvalue weighted by Gasteiger charge is -2.10. The monoisotopic (exact) mass is 303 g/mol. The fourth-order valence-electron chi connectivity index (χ4n) is 2.02. The number of carboxylic acids is 1. The summed E-state index contributed by atoms with van der Waals surface area (Å²) in [6.45, 7) is 3.83. The summed E-state index contributed by atoms with van der Waals surface area (Å²) < 4.78 is 0. The van der Waals surface area contributed by atoms with Crippen LogP contribution in [-0.2, 0) is 4.79 Å². The molecule has 4 nitrogen and oxygen atoms in total. The molecule has 5 heteroatoms. The smallest absolute Gasteiger partial charge is 0.303 e. The van der Waals surface area contributed by atoms with Crippen LogP contribution < -0.4 is 5.32 Å². The lowest BCUT2D eigenvalue weighted by molar-refractivity contribution is -0.137. The molecule has 0 radical (unpaired) electrons. The summed E-state index contributed by atoms with van der Waals surface area (Å²) in [6, 6.07) is 11.0. The van der Waals surface area contributed by atoms with E-state index in [1.165, 1.54) is 11.3 Å². The second-order valence-electron chi connectivity index (χ2n) is 4.99. The van der Waals surface area contributed by atoms with E-state index in [9.17, 15) is 9.59 Å². The molecule has 0 saturated carbocycles. The first-order chi connectivity index (χ1) is 9.95. The Morgan fingerprint density at radius 1 is 1.19 bits per heavy atom. The molecule has 0 saturated heterocycles. The van der Waals surface area contributed by atoms with E-state index >= 15 is 0 Å². The quantitative estimate of drug-likeness (QED) is 0.880. The number of nitrogens with one attached hydrogen (secondary N) is 1. The predicted molar refractivity (Wildman–Crippen MR) is 84.1 cm³/mol. The van der Waals surface area contributed by atoms with Crippen molar-refractivity contribution in [3.8, 4) is 0 Å². The van der Waals surface area contributed by atoms with Crippen molar-refractivity contribution >= 4 is 28.9 Å². The fourth-order valence-corrected chi connectivity index (χ4v) is 2.79. The molecule has 1 unspecified atom stereocenters. The molecule has 2 N–H and O–H groups in total. The molecule has 2 rings (SSSR count). The maximum absolute atomic E-state index is 12.0. The zero-order valence-electron chi connectivity index (χ0n) is 11.9. The number of rotatable bonds is 5. The minimum absolute atomic E-state index is 0.0489. The van der Waals surface area contributed by atoms with E-state index in [4.69, 9.17) is 5.11 Å². The highest BCUT2D eigenvalue weighted by Crippen LogP contribution is 2.22. The Kier molecular flexibility index (Phi) is 4.75. The highest BCUT2D eigenvalue weighted by molar-refractivity contribution is 7.14. The number of benzene rings is 1. The van der Waals surface area contributed by atoms with Crippen LogP contribution in [0.5, 0.6) is 0 Å². The number of hydrogen-bond acceptors (Lipinski definition) is 3. The number of aryl methyl sites for hydroxylation is 1. The highest BCUT2D eigenvalue weighted by Gasteiger charge is 2.11. The number of carbonyl (C=O) groups is 2. The maximum atomic E-state index is 12.0. The van der Waals surface area contributed by atoms with Gasteiger partial charge in [0.2, 0.25) is 0 Å². The summed E-state index contributed by atoms with van der Waals surface area (Å²) in [7, 11) is 0. The van der Waals surface area contributed by atoms with Crippen molar-refractivity contribution in [2.24, 2.45) is 0 Å². The molecule has 110 valence electrons. The van der Waals surface area contributed by atoms with Crippen LogP contribution in [0.1, 0.15) is 39.4 Å². The Labute approximate surface area is 127 Å². The SMILES string of the molecule is Cc1ccc(C(=O)Nc2ccc(C(C)CC(=O)O)cc2)s1. The van der Waals surface area contributed by atoms with Gasteiger partial charge in [-0.1, -0.05) is 19.1 Å². The lowest BCUT2D eigenvalue weighted by atomic mass is 9.98. The molecule has 1 aromatic carbocycles. The molecule has 0 bridgehead atoms. The molecule has 0 aliphatic heterocycles. The van der Waals surface area contributed by atoms with Crippen LogP contribution in [0.3, 0.4) is 0 Å². The predicted octanol–water partition coefficient (Wildman–Crippen LogP) is 3.89. The first kappa shape index (κ1) is 15.3. The number of aliphatic carboxylic acids is 1. The van der Waals surface area contributed by atoms with E-state index in [0.717, 1.165) is 10.4 Å². The van der Waals surface area contributed by atoms with Gasteiger partial charge in [-0.05, 0) is 42.7 Å². The van der Waals surface area contributed by atoms with Crippen molar-refractivity contribution in [2.75, 3.05) is 5.32 Å². The summed E-state index contributed by atoms with van der Waals surface area (Å²) in [4.78, 5) is 24.5. The summed E-state index contributed by atoms with van der Waals surface area (Å²) in [5, 5.41) is 11.6. The maximum Gasteiger partial charge on any atom is 0.303 e. The second-order valence-corrected chi connectivity index (χ2v) is 6.27. The number of thiophene rings is 1. The molecular formula is C16H17NO3S. The topological polar surface area (TPSA) is 66.4 Å². The van der Waals surface area contributed by atoms with Crippen molar-refractivity contribution < 1.29 is 14.7 Å². The van der Waals surface area contributed by atoms with Gasteiger partial charge in [0.1, 0.15) is 0 Å². The van der Waals surface area contributed by atoms with Crippen LogP contribution >= 0.6 is 11.3 Å². The van der Waals surface area contributed by atoms with Crippen molar-refractivity contribution in [1.29, 1.82) is 0 Å². The third-order valence-electron chi connectivity index (χ3n) is 3.18. The van der Waals surface area contributed by atoms with Crippen molar-refractivity contribution in [2.45, 2.75) is 26.2 Å². The minimum Gasteiger partial charge on any atom is -0.481 e.